The minimum atomic E-state index is 0.274. The smallest absolute Gasteiger partial charge is 0.00976 e. The van der Waals surface area contributed by atoms with Crippen molar-refractivity contribution in [2.75, 3.05) is 0 Å². The molecular formula is C16H24. The highest BCUT2D eigenvalue weighted by Gasteiger charge is 2.34. The molecule has 0 saturated heterocycles. The Morgan fingerprint density at radius 2 is 1.75 bits per heavy atom. The summed E-state index contributed by atoms with van der Waals surface area (Å²) < 4.78 is 0. The van der Waals surface area contributed by atoms with Crippen LogP contribution in [0.15, 0.2) is 12.1 Å². The molecule has 2 rings (SSSR count). The summed E-state index contributed by atoms with van der Waals surface area (Å²) in [5, 5.41) is 0. The molecule has 1 aliphatic rings. The molecule has 0 spiro atoms. The van der Waals surface area contributed by atoms with Gasteiger partial charge in [-0.1, -0.05) is 46.8 Å². The summed E-state index contributed by atoms with van der Waals surface area (Å²) in [5.74, 6) is 0. The summed E-state index contributed by atoms with van der Waals surface area (Å²) in [4.78, 5) is 0. The molecule has 0 atom stereocenters. The van der Waals surface area contributed by atoms with Crippen LogP contribution in [0.25, 0.3) is 0 Å². The second kappa shape index (κ2) is 3.35. The Bertz CT molecular complexity index is 416. The van der Waals surface area contributed by atoms with E-state index in [1.54, 1.807) is 16.7 Å². The summed E-state index contributed by atoms with van der Waals surface area (Å²) in [6.07, 6.45) is 2.56. The predicted octanol–water partition coefficient (Wildman–Crippen LogP) is 4.52. The highest BCUT2D eigenvalue weighted by molar-refractivity contribution is 5.50. The fourth-order valence-electron chi connectivity index (χ4n) is 3.28. The molecule has 0 fully saturated rings. The summed E-state index contributed by atoms with van der Waals surface area (Å²) in [6.45, 7) is 14.0. The van der Waals surface area contributed by atoms with Crippen molar-refractivity contribution in [2.24, 2.45) is 0 Å². The minimum absolute atomic E-state index is 0.274. The van der Waals surface area contributed by atoms with Gasteiger partial charge in [-0.15, -0.1) is 0 Å². The van der Waals surface area contributed by atoms with Crippen molar-refractivity contribution < 1.29 is 0 Å². The molecule has 0 N–H and O–H groups in total. The first-order valence-corrected chi connectivity index (χ1v) is 6.37. The van der Waals surface area contributed by atoms with Crippen LogP contribution in [0.4, 0.5) is 0 Å². The zero-order valence-electron chi connectivity index (χ0n) is 11.6. The van der Waals surface area contributed by atoms with E-state index in [0.29, 0.717) is 5.41 Å². The van der Waals surface area contributed by atoms with Crippen molar-refractivity contribution in [1.29, 1.82) is 0 Å². The van der Waals surface area contributed by atoms with Crippen molar-refractivity contribution in [3.05, 3.63) is 34.4 Å². The molecule has 1 aromatic carbocycles. The van der Waals surface area contributed by atoms with Gasteiger partial charge in [0.05, 0.1) is 0 Å². The van der Waals surface area contributed by atoms with Crippen LogP contribution in [0.5, 0.6) is 0 Å². The number of aryl methyl sites for hydroxylation is 1. The second-order valence-corrected chi connectivity index (χ2v) is 6.92. The lowest BCUT2D eigenvalue weighted by atomic mass is 9.78. The molecule has 1 aliphatic carbocycles. The van der Waals surface area contributed by atoms with Crippen LogP contribution in [-0.4, -0.2) is 0 Å². The Labute approximate surface area is 100 Å². The van der Waals surface area contributed by atoms with E-state index in [0.717, 1.165) is 0 Å². The molecular weight excluding hydrogens is 192 g/mol. The van der Waals surface area contributed by atoms with Gasteiger partial charge in [0.25, 0.3) is 0 Å². The van der Waals surface area contributed by atoms with Gasteiger partial charge in [0.2, 0.25) is 0 Å². The lowest BCUT2D eigenvalue weighted by Gasteiger charge is -2.27. The van der Waals surface area contributed by atoms with E-state index in [9.17, 15) is 0 Å². The highest BCUT2D eigenvalue weighted by atomic mass is 14.4. The summed E-state index contributed by atoms with van der Waals surface area (Å²) in [5.41, 5.74) is 6.93. The van der Waals surface area contributed by atoms with Crippen LogP contribution < -0.4 is 0 Å². The predicted molar refractivity (Wildman–Crippen MR) is 71.2 cm³/mol. The highest BCUT2D eigenvalue weighted by Crippen LogP contribution is 2.43. The number of fused-ring (bicyclic) bond motifs is 1. The van der Waals surface area contributed by atoms with Gasteiger partial charge in [0, 0.05) is 0 Å². The number of hydrogen-bond acceptors (Lipinski definition) is 0. The first-order chi connectivity index (χ1) is 7.23. The quantitative estimate of drug-likeness (QED) is 0.598. The Morgan fingerprint density at radius 1 is 1.12 bits per heavy atom. The minimum Gasteiger partial charge on any atom is -0.0587 e. The van der Waals surface area contributed by atoms with E-state index in [1.165, 1.54) is 18.4 Å². The third-order valence-electron chi connectivity index (χ3n) is 4.00. The lowest BCUT2D eigenvalue weighted by molar-refractivity contribution is 0.522. The molecule has 0 nitrogen and oxygen atoms in total. The van der Waals surface area contributed by atoms with Crippen molar-refractivity contribution in [2.45, 2.75) is 65.2 Å². The van der Waals surface area contributed by atoms with Gasteiger partial charge >= 0.3 is 0 Å². The molecule has 0 aromatic heterocycles. The van der Waals surface area contributed by atoms with Gasteiger partial charge in [-0.2, -0.15) is 0 Å². The molecule has 0 heteroatoms. The monoisotopic (exact) mass is 216 g/mol. The molecule has 0 saturated carbocycles. The summed E-state index contributed by atoms with van der Waals surface area (Å²) in [7, 11) is 0. The molecule has 0 bridgehead atoms. The van der Waals surface area contributed by atoms with Gasteiger partial charge in [-0.25, -0.2) is 0 Å². The van der Waals surface area contributed by atoms with Crippen LogP contribution in [-0.2, 0) is 17.3 Å². The molecule has 0 heterocycles. The van der Waals surface area contributed by atoms with Crippen LogP contribution in [0.1, 0.15) is 63.3 Å². The van der Waals surface area contributed by atoms with E-state index in [2.05, 4.69) is 53.7 Å². The second-order valence-electron chi connectivity index (χ2n) is 6.92. The number of rotatable bonds is 0. The van der Waals surface area contributed by atoms with E-state index in [-0.39, 0.29) is 5.41 Å². The third-order valence-corrected chi connectivity index (χ3v) is 4.00. The number of hydrogen-bond donors (Lipinski definition) is 0. The number of benzene rings is 1. The molecule has 0 aliphatic heterocycles. The fraction of sp³-hybridized carbons (Fsp3) is 0.625. The van der Waals surface area contributed by atoms with Gasteiger partial charge in [0.15, 0.2) is 0 Å². The van der Waals surface area contributed by atoms with Gasteiger partial charge in [-0.05, 0) is 52.8 Å². The van der Waals surface area contributed by atoms with Gasteiger partial charge in [-0.3, -0.25) is 0 Å². The Hall–Kier alpha value is -0.780. The summed E-state index contributed by atoms with van der Waals surface area (Å²) in [6, 6.07) is 4.67. The van der Waals surface area contributed by atoms with Gasteiger partial charge in [0.1, 0.15) is 0 Å². The maximum absolute atomic E-state index is 2.38. The van der Waals surface area contributed by atoms with Crippen molar-refractivity contribution in [1.82, 2.24) is 0 Å². The van der Waals surface area contributed by atoms with Crippen molar-refractivity contribution in [3.8, 4) is 0 Å². The lowest BCUT2D eigenvalue weighted by Crippen LogP contribution is -2.18. The maximum Gasteiger partial charge on any atom is -0.00976 e. The van der Waals surface area contributed by atoms with Crippen LogP contribution in [0.3, 0.4) is 0 Å². The van der Waals surface area contributed by atoms with E-state index >= 15 is 0 Å². The maximum atomic E-state index is 2.38. The zero-order chi connectivity index (χ0) is 12.1. The zero-order valence-corrected chi connectivity index (χ0v) is 11.6. The Balaban J connectivity index is 2.69. The SMILES string of the molecule is Cc1ccc2c(c1C(C)(C)C)CCC2(C)C. The summed E-state index contributed by atoms with van der Waals surface area (Å²) >= 11 is 0. The molecule has 0 unspecified atom stereocenters. The van der Waals surface area contributed by atoms with Crippen LogP contribution >= 0.6 is 0 Å². The largest absolute Gasteiger partial charge is 0.0587 e. The molecule has 16 heavy (non-hydrogen) atoms. The normalized spacial score (nSPS) is 18.6. The first kappa shape index (κ1) is 11.7. The Kier molecular flexibility index (Phi) is 2.45. The van der Waals surface area contributed by atoms with Crippen molar-refractivity contribution >= 4 is 0 Å². The Morgan fingerprint density at radius 3 is 2.31 bits per heavy atom. The van der Waals surface area contributed by atoms with E-state index in [4.69, 9.17) is 0 Å². The average molecular weight is 216 g/mol. The molecule has 1 aromatic rings. The van der Waals surface area contributed by atoms with Gasteiger partial charge < -0.3 is 0 Å². The van der Waals surface area contributed by atoms with Crippen molar-refractivity contribution in [3.63, 3.8) is 0 Å². The van der Waals surface area contributed by atoms with Crippen LogP contribution in [0, 0.1) is 6.92 Å². The van der Waals surface area contributed by atoms with E-state index < -0.39 is 0 Å². The van der Waals surface area contributed by atoms with E-state index in [1.807, 2.05) is 0 Å². The standard InChI is InChI=1S/C16H24/c1-11-7-8-13-12(9-10-16(13,5)6)14(11)15(2,3)4/h7-8H,9-10H2,1-6H3. The molecule has 0 radical (unpaired) electrons. The molecule has 0 amide bonds. The third kappa shape index (κ3) is 1.69. The first-order valence-electron chi connectivity index (χ1n) is 6.37. The molecule has 88 valence electrons. The average Bonchev–Trinajstić information content (AvgIpc) is 2.39. The van der Waals surface area contributed by atoms with Crippen LogP contribution in [0.2, 0.25) is 0 Å². The fourth-order valence-corrected chi connectivity index (χ4v) is 3.28. The topological polar surface area (TPSA) is 0 Å².